The number of hydrogen-bond acceptors (Lipinski definition) is 3. The van der Waals surface area contributed by atoms with Crippen molar-refractivity contribution in [3.8, 4) is 0 Å². The lowest BCUT2D eigenvalue weighted by molar-refractivity contribution is -0.127. The number of ether oxygens (including phenoxy) is 1. The Labute approximate surface area is 85.4 Å². The van der Waals surface area contributed by atoms with Gasteiger partial charge in [-0.3, -0.25) is 9.69 Å². The van der Waals surface area contributed by atoms with Crippen molar-refractivity contribution in [2.45, 2.75) is 44.2 Å². The van der Waals surface area contributed by atoms with Gasteiger partial charge in [-0.2, -0.15) is 0 Å². The average molecular weight is 197 g/mol. The monoisotopic (exact) mass is 197 g/mol. The maximum atomic E-state index is 11.4. The number of hydrogen-bond donors (Lipinski definition) is 0. The Hall–Kier alpha value is -0.410. The molecule has 2 rings (SSSR count). The smallest absolute Gasteiger partial charge is 0.136 e. The molecule has 0 saturated carbocycles. The highest BCUT2D eigenvalue weighted by Gasteiger charge is 2.36. The molecule has 0 aromatic heterocycles. The quantitative estimate of drug-likeness (QED) is 0.681. The minimum Gasteiger partial charge on any atom is -0.383 e. The Kier molecular flexibility index (Phi) is 3.19. The Bertz CT molecular complexity index is 201. The Morgan fingerprint density at radius 1 is 1.36 bits per heavy atom. The molecular weight excluding hydrogens is 178 g/mol. The van der Waals surface area contributed by atoms with E-state index >= 15 is 0 Å². The van der Waals surface area contributed by atoms with Crippen LogP contribution in [0.15, 0.2) is 0 Å². The van der Waals surface area contributed by atoms with Crippen LogP contribution < -0.4 is 0 Å². The topological polar surface area (TPSA) is 29.5 Å². The number of Topliss-reactive ketones (excluding diaryl/α,β-unsaturated/α-hetero) is 1. The van der Waals surface area contributed by atoms with E-state index < -0.39 is 0 Å². The van der Waals surface area contributed by atoms with Gasteiger partial charge in [-0.15, -0.1) is 0 Å². The first kappa shape index (κ1) is 10.1. The van der Waals surface area contributed by atoms with Gasteiger partial charge in [-0.1, -0.05) is 6.42 Å². The van der Waals surface area contributed by atoms with Gasteiger partial charge in [0, 0.05) is 38.6 Å². The van der Waals surface area contributed by atoms with Gasteiger partial charge in [0.05, 0.1) is 6.61 Å². The summed E-state index contributed by atoms with van der Waals surface area (Å²) in [5, 5.41) is 0. The van der Waals surface area contributed by atoms with Crippen LogP contribution in [0, 0.1) is 0 Å². The van der Waals surface area contributed by atoms with Crippen LogP contribution >= 0.6 is 0 Å². The van der Waals surface area contributed by atoms with E-state index in [2.05, 4.69) is 4.90 Å². The second-order valence-electron chi connectivity index (χ2n) is 4.42. The summed E-state index contributed by atoms with van der Waals surface area (Å²) in [7, 11) is 1.74. The third-order valence-corrected chi connectivity index (χ3v) is 3.49. The predicted octanol–water partition coefficient (Wildman–Crippen LogP) is 1.22. The number of rotatable bonds is 3. The van der Waals surface area contributed by atoms with Crippen LogP contribution in [-0.2, 0) is 9.53 Å². The number of fused-ring (bicyclic) bond motifs is 2. The fourth-order valence-corrected chi connectivity index (χ4v) is 2.83. The second kappa shape index (κ2) is 4.41. The average Bonchev–Trinajstić information content (AvgIpc) is 2.14. The summed E-state index contributed by atoms with van der Waals surface area (Å²) in [6.07, 6.45) is 5.25. The van der Waals surface area contributed by atoms with Crippen molar-refractivity contribution in [3.05, 3.63) is 0 Å². The predicted molar refractivity (Wildman–Crippen MR) is 54.3 cm³/mol. The highest BCUT2D eigenvalue weighted by atomic mass is 16.5. The fourth-order valence-electron chi connectivity index (χ4n) is 2.83. The highest BCUT2D eigenvalue weighted by Crippen LogP contribution is 2.31. The van der Waals surface area contributed by atoms with Crippen LogP contribution in [0.3, 0.4) is 0 Å². The summed E-state index contributed by atoms with van der Waals surface area (Å²) in [5.41, 5.74) is 0. The molecule has 0 amide bonds. The molecule has 2 unspecified atom stereocenters. The van der Waals surface area contributed by atoms with Crippen LogP contribution in [0.4, 0.5) is 0 Å². The van der Waals surface area contributed by atoms with Crippen LogP contribution in [0.1, 0.15) is 32.1 Å². The lowest BCUT2D eigenvalue weighted by Crippen LogP contribution is -2.53. The van der Waals surface area contributed by atoms with Crippen molar-refractivity contribution >= 4 is 5.78 Å². The molecule has 2 fully saturated rings. The zero-order chi connectivity index (χ0) is 9.97. The molecule has 2 atom stereocenters. The molecule has 0 spiro atoms. The summed E-state index contributed by atoms with van der Waals surface area (Å²) in [6, 6.07) is 1.04. The molecule has 80 valence electrons. The first-order valence-corrected chi connectivity index (χ1v) is 5.57. The summed E-state index contributed by atoms with van der Waals surface area (Å²) in [4.78, 5) is 13.9. The summed E-state index contributed by atoms with van der Waals surface area (Å²) in [6.45, 7) is 1.79. The fraction of sp³-hybridized carbons (Fsp3) is 0.909. The van der Waals surface area contributed by atoms with Gasteiger partial charge in [0.15, 0.2) is 0 Å². The first-order chi connectivity index (χ1) is 6.81. The minimum absolute atomic E-state index is 0.466. The number of methoxy groups -OCH3 is 1. The Morgan fingerprint density at radius 3 is 2.57 bits per heavy atom. The van der Waals surface area contributed by atoms with E-state index in [9.17, 15) is 4.79 Å². The molecule has 0 aromatic rings. The SMILES string of the molecule is COCCN1C2CCCC1CC(=O)C2. The van der Waals surface area contributed by atoms with Crippen molar-refractivity contribution in [1.29, 1.82) is 0 Å². The summed E-state index contributed by atoms with van der Waals surface area (Å²) < 4.78 is 5.11. The van der Waals surface area contributed by atoms with Gasteiger partial charge in [0.2, 0.25) is 0 Å². The summed E-state index contributed by atoms with van der Waals surface area (Å²) >= 11 is 0. The van der Waals surface area contributed by atoms with Gasteiger partial charge < -0.3 is 4.74 Å². The zero-order valence-electron chi connectivity index (χ0n) is 8.87. The Balaban J connectivity index is 1.97. The van der Waals surface area contributed by atoms with Crippen molar-refractivity contribution < 1.29 is 9.53 Å². The standard InChI is InChI=1S/C11H19NO2/c1-14-6-5-12-9-3-2-4-10(12)8-11(13)7-9/h9-10H,2-8H2,1H3. The molecule has 14 heavy (non-hydrogen) atoms. The first-order valence-electron chi connectivity index (χ1n) is 5.57. The van der Waals surface area contributed by atoms with Crippen molar-refractivity contribution in [2.75, 3.05) is 20.3 Å². The number of piperidine rings is 2. The summed E-state index contributed by atoms with van der Waals surface area (Å²) in [5.74, 6) is 0.466. The number of nitrogens with zero attached hydrogens (tertiary/aromatic N) is 1. The maximum absolute atomic E-state index is 11.4. The van der Waals surface area contributed by atoms with E-state index in [0.717, 1.165) is 26.0 Å². The van der Waals surface area contributed by atoms with Crippen LogP contribution in [-0.4, -0.2) is 43.0 Å². The van der Waals surface area contributed by atoms with E-state index in [-0.39, 0.29) is 0 Å². The molecule has 0 aromatic carbocycles. The molecule has 0 radical (unpaired) electrons. The molecule has 2 aliphatic rings. The highest BCUT2D eigenvalue weighted by molar-refractivity contribution is 5.80. The zero-order valence-corrected chi connectivity index (χ0v) is 8.87. The van der Waals surface area contributed by atoms with Gasteiger partial charge in [-0.25, -0.2) is 0 Å². The van der Waals surface area contributed by atoms with Gasteiger partial charge in [-0.05, 0) is 12.8 Å². The van der Waals surface area contributed by atoms with E-state index in [0.29, 0.717) is 17.9 Å². The van der Waals surface area contributed by atoms with Crippen LogP contribution in [0.2, 0.25) is 0 Å². The number of carbonyl (C=O) groups is 1. The van der Waals surface area contributed by atoms with Crippen molar-refractivity contribution in [2.24, 2.45) is 0 Å². The van der Waals surface area contributed by atoms with E-state index in [4.69, 9.17) is 4.74 Å². The van der Waals surface area contributed by atoms with Crippen LogP contribution in [0.25, 0.3) is 0 Å². The van der Waals surface area contributed by atoms with Gasteiger partial charge in [0.1, 0.15) is 5.78 Å². The Morgan fingerprint density at radius 2 is 2.00 bits per heavy atom. The molecule has 3 heteroatoms. The second-order valence-corrected chi connectivity index (χ2v) is 4.42. The molecule has 2 heterocycles. The van der Waals surface area contributed by atoms with Crippen molar-refractivity contribution in [3.63, 3.8) is 0 Å². The minimum atomic E-state index is 0.466. The number of carbonyl (C=O) groups excluding carboxylic acids is 1. The largest absolute Gasteiger partial charge is 0.383 e. The molecule has 3 nitrogen and oxygen atoms in total. The van der Waals surface area contributed by atoms with E-state index in [1.807, 2.05) is 0 Å². The maximum Gasteiger partial charge on any atom is 0.136 e. The third kappa shape index (κ3) is 1.98. The lowest BCUT2D eigenvalue weighted by Gasteiger charge is -2.45. The molecule has 2 saturated heterocycles. The molecule has 2 bridgehead atoms. The number of ketones is 1. The molecular formula is C11H19NO2. The van der Waals surface area contributed by atoms with E-state index in [1.54, 1.807) is 7.11 Å². The molecule has 2 aliphatic heterocycles. The van der Waals surface area contributed by atoms with Gasteiger partial charge in [0.25, 0.3) is 0 Å². The third-order valence-electron chi connectivity index (χ3n) is 3.49. The molecule has 0 aliphatic carbocycles. The van der Waals surface area contributed by atoms with E-state index in [1.165, 1.54) is 19.3 Å². The van der Waals surface area contributed by atoms with Crippen LogP contribution in [0.5, 0.6) is 0 Å². The lowest BCUT2D eigenvalue weighted by atomic mass is 9.84. The normalized spacial score (nSPS) is 33.4. The molecule has 0 N–H and O–H groups in total. The van der Waals surface area contributed by atoms with Gasteiger partial charge >= 0.3 is 0 Å². The van der Waals surface area contributed by atoms with Crippen molar-refractivity contribution in [1.82, 2.24) is 4.90 Å².